The van der Waals surface area contributed by atoms with E-state index in [1.165, 1.54) is 11.3 Å². The summed E-state index contributed by atoms with van der Waals surface area (Å²) in [6, 6.07) is 3.89. The molecular weight excluding hydrogens is 282 g/mol. The summed E-state index contributed by atoms with van der Waals surface area (Å²) >= 11 is 3.07. The van der Waals surface area contributed by atoms with Crippen LogP contribution in [0.4, 0.5) is 0 Å². The summed E-state index contributed by atoms with van der Waals surface area (Å²) in [6.07, 6.45) is 0. The Kier molecular flexibility index (Phi) is 4.21. The van der Waals surface area contributed by atoms with E-state index in [1.807, 2.05) is 24.4 Å². The number of aliphatic carboxylic acids is 1. The van der Waals surface area contributed by atoms with Gasteiger partial charge in [0.2, 0.25) is 0 Å². The standard InChI is InChI=1S/C13H15NO3S2/c1-3-14(7-8(2)13(16)17)12(15)11-6-10-9(19-11)4-5-18-10/h4-6,8H,3,7H2,1-2H3,(H,16,17). The van der Waals surface area contributed by atoms with Gasteiger partial charge in [-0.15, -0.1) is 22.7 Å². The van der Waals surface area contributed by atoms with Crippen LogP contribution in [-0.4, -0.2) is 35.0 Å². The Bertz CT molecular complexity index is 573. The van der Waals surface area contributed by atoms with E-state index in [-0.39, 0.29) is 12.5 Å². The minimum Gasteiger partial charge on any atom is -0.481 e. The summed E-state index contributed by atoms with van der Waals surface area (Å²) in [7, 11) is 0. The highest BCUT2D eigenvalue weighted by molar-refractivity contribution is 7.27. The summed E-state index contributed by atoms with van der Waals surface area (Å²) in [4.78, 5) is 25.5. The lowest BCUT2D eigenvalue weighted by Crippen LogP contribution is -2.36. The lowest BCUT2D eigenvalue weighted by molar-refractivity contribution is -0.141. The van der Waals surface area contributed by atoms with Crippen molar-refractivity contribution in [3.05, 3.63) is 22.4 Å². The maximum absolute atomic E-state index is 12.3. The summed E-state index contributed by atoms with van der Waals surface area (Å²) in [5, 5.41) is 10.9. The molecule has 0 aromatic carbocycles. The summed E-state index contributed by atoms with van der Waals surface area (Å²) in [5.41, 5.74) is 0. The Labute approximate surface area is 119 Å². The SMILES string of the molecule is CCN(CC(C)C(=O)O)C(=O)c1cc2sccc2s1. The maximum Gasteiger partial charge on any atom is 0.308 e. The normalized spacial score (nSPS) is 12.5. The molecule has 1 atom stereocenters. The quantitative estimate of drug-likeness (QED) is 0.922. The number of nitrogens with zero attached hydrogens (tertiary/aromatic N) is 1. The first-order chi connectivity index (χ1) is 9.02. The molecular formula is C13H15NO3S2. The van der Waals surface area contributed by atoms with Crippen molar-refractivity contribution in [2.24, 2.45) is 5.92 Å². The highest BCUT2D eigenvalue weighted by Crippen LogP contribution is 2.30. The summed E-state index contributed by atoms with van der Waals surface area (Å²) in [5.74, 6) is -1.51. The van der Waals surface area contributed by atoms with Crippen LogP contribution in [0, 0.1) is 5.92 Å². The minimum absolute atomic E-state index is 0.0796. The van der Waals surface area contributed by atoms with Gasteiger partial charge in [0, 0.05) is 22.5 Å². The van der Waals surface area contributed by atoms with Gasteiger partial charge in [-0.1, -0.05) is 6.92 Å². The van der Waals surface area contributed by atoms with Crippen molar-refractivity contribution >= 4 is 43.9 Å². The van der Waals surface area contributed by atoms with Gasteiger partial charge in [0.15, 0.2) is 0 Å². The van der Waals surface area contributed by atoms with Crippen molar-refractivity contribution in [1.82, 2.24) is 4.90 Å². The summed E-state index contributed by atoms with van der Waals surface area (Å²) in [6.45, 7) is 4.24. The molecule has 0 bridgehead atoms. The predicted octanol–water partition coefficient (Wildman–Crippen LogP) is 3.15. The molecule has 2 aromatic heterocycles. The molecule has 1 amide bonds. The number of hydrogen-bond donors (Lipinski definition) is 1. The molecule has 0 saturated heterocycles. The number of carbonyl (C=O) groups is 2. The molecule has 19 heavy (non-hydrogen) atoms. The molecule has 4 nitrogen and oxygen atoms in total. The number of fused-ring (bicyclic) bond motifs is 1. The number of thiophene rings is 2. The van der Waals surface area contributed by atoms with Crippen molar-refractivity contribution in [3.63, 3.8) is 0 Å². The Morgan fingerprint density at radius 3 is 2.74 bits per heavy atom. The third kappa shape index (κ3) is 2.96. The van der Waals surface area contributed by atoms with E-state index in [9.17, 15) is 9.59 Å². The Balaban J connectivity index is 2.16. The first-order valence-electron chi connectivity index (χ1n) is 6.02. The second-order valence-corrected chi connectivity index (χ2v) is 6.37. The zero-order valence-electron chi connectivity index (χ0n) is 10.8. The van der Waals surface area contributed by atoms with Crippen LogP contribution in [0.5, 0.6) is 0 Å². The van der Waals surface area contributed by atoms with Crippen LogP contribution < -0.4 is 0 Å². The zero-order chi connectivity index (χ0) is 14.0. The van der Waals surface area contributed by atoms with Crippen LogP contribution in [0.25, 0.3) is 9.40 Å². The smallest absolute Gasteiger partial charge is 0.308 e. The minimum atomic E-state index is -0.876. The second kappa shape index (κ2) is 5.71. The molecule has 6 heteroatoms. The third-order valence-corrected chi connectivity index (χ3v) is 5.02. The molecule has 0 aliphatic rings. The lowest BCUT2D eigenvalue weighted by atomic mass is 10.1. The average Bonchev–Trinajstić information content (AvgIpc) is 2.95. The molecule has 0 spiro atoms. The highest BCUT2D eigenvalue weighted by atomic mass is 32.1. The van der Waals surface area contributed by atoms with Crippen LogP contribution in [0.3, 0.4) is 0 Å². The summed E-state index contributed by atoms with van der Waals surface area (Å²) < 4.78 is 2.21. The van der Waals surface area contributed by atoms with Crippen LogP contribution in [0.15, 0.2) is 17.5 Å². The van der Waals surface area contributed by atoms with Gasteiger partial charge in [-0.3, -0.25) is 9.59 Å². The van der Waals surface area contributed by atoms with E-state index in [2.05, 4.69) is 0 Å². The van der Waals surface area contributed by atoms with Crippen molar-refractivity contribution in [2.45, 2.75) is 13.8 Å². The maximum atomic E-state index is 12.3. The van der Waals surface area contributed by atoms with Gasteiger partial charge < -0.3 is 10.0 Å². The van der Waals surface area contributed by atoms with E-state index in [4.69, 9.17) is 5.11 Å². The first kappa shape index (κ1) is 14.0. The van der Waals surface area contributed by atoms with Crippen molar-refractivity contribution < 1.29 is 14.7 Å². The fraction of sp³-hybridized carbons (Fsp3) is 0.385. The van der Waals surface area contributed by atoms with Crippen molar-refractivity contribution in [3.8, 4) is 0 Å². The number of carboxylic acid groups (broad SMARTS) is 1. The lowest BCUT2D eigenvalue weighted by Gasteiger charge is -2.22. The van der Waals surface area contributed by atoms with Gasteiger partial charge in [0.25, 0.3) is 5.91 Å². The van der Waals surface area contributed by atoms with Crippen molar-refractivity contribution in [2.75, 3.05) is 13.1 Å². The molecule has 0 aliphatic heterocycles. The largest absolute Gasteiger partial charge is 0.481 e. The molecule has 0 aliphatic carbocycles. The number of carbonyl (C=O) groups excluding carboxylic acids is 1. The zero-order valence-corrected chi connectivity index (χ0v) is 12.4. The van der Waals surface area contributed by atoms with Gasteiger partial charge in [0.1, 0.15) is 0 Å². The molecule has 102 valence electrons. The predicted molar refractivity (Wildman–Crippen MR) is 78.1 cm³/mol. The van der Waals surface area contributed by atoms with E-state index in [1.54, 1.807) is 23.2 Å². The molecule has 2 rings (SSSR count). The molecule has 0 saturated carbocycles. The Morgan fingerprint density at radius 2 is 2.16 bits per heavy atom. The monoisotopic (exact) mass is 297 g/mol. The number of rotatable bonds is 5. The number of carboxylic acids is 1. The third-order valence-electron chi connectivity index (χ3n) is 2.93. The van der Waals surface area contributed by atoms with Gasteiger partial charge in [-0.25, -0.2) is 0 Å². The molecule has 0 fully saturated rings. The molecule has 1 N–H and O–H groups in total. The second-order valence-electron chi connectivity index (χ2n) is 4.34. The van der Waals surface area contributed by atoms with Crippen LogP contribution >= 0.6 is 22.7 Å². The van der Waals surface area contributed by atoms with Crippen LogP contribution in [0.1, 0.15) is 23.5 Å². The van der Waals surface area contributed by atoms with E-state index in [0.717, 1.165) is 9.40 Å². The van der Waals surface area contributed by atoms with Crippen LogP contribution in [-0.2, 0) is 4.79 Å². The van der Waals surface area contributed by atoms with Gasteiger partial charge in [0.05, 0.1) is 10.8 Å². The molecule has 1 unspecified atom stereocenters. The van der Waals surface area contributed by atoms with Gasteiger partial charge in [-0.2, -0.15) is 0 Å². The fourth-order valence-corrected chi connectivity index (χ4v) is 3.87. The first-order valence-corrected chi connectivity index (χ1v) is 7.71. The van der Waals surface area contributed by atoms with Crippen molar-refractivity contribution in [1.29, 1.82) is 0 Å². The number of hydrogen-bond acceptors (Lipinski definition) is 4. The molecule has 2 aromatic rings. The Hall–Kier alpha value is -1.40. The van der Waals surface area contributed by atoms with E-state index in [0.29, 0.717) is 11.4 Å². The number of amides is 1. The van der Waals surface area contributed by atoms with E-state index >= 15 is 0 Å². The average molecular weight is 297 g/mol. The van der Waals surface area contributed by atoms with Gasteiger partial charge >= 0.3 is 5.97 Å². The van der Waals surface area contributed by atoms with Gasteiger partial charge in [-0.05, 0) is 24.4 Å². The highest BCUT2D eigenvalue weighted by Gasteiger charge is 2.22. The molecule has 2 heterocycles. The van der Waals surface area contributed by atoms with E-state index < -0.39 is 11.9 Å². The fourth-order valence-electron chi connectivity index (χ4n) is 1.79. The molecule has 0 radical (unpaired) electrons. The topological polar surface area (TPSA) is 57.6 Å². The Morgan fingerprint density at radius 1 is 1.42 bits per heavy atom. The van der Waals surface area contributed by atoms with Crippen LogP contribution in [0.2, 0.25) is 0 Å².